The van der Waals surface area contributed by atoms with Crippen molar-refractivity contribution in [1.82, 2.24) is 5.32 Å². The van der Waals surface area contributed by atoms with Gasteiger partial charge < -0.3 is 20.0 Å². The van der Waals surface area contributed by atoms with E-state index in [1.165, 1.54) is 0 Å². The molecule has 0 heterocycles. The number of amides is 1. The first-order valence-corrected chi connectivity index (χ1v) is 4.40. The molecule has 0 rings (SSSR count). The van der Waals surface area contributed by atoms with Crippen molar-refractivity contribution >= 4 is 12.1 Å². The van der Waals surface area contributed by atoms with Crippen LogP contribution in [-0.2, 0) is 9.53 Å². The molecule has 0 spiro atoms. The van der Waals surface area contributed by atoms with E-state index in [-0.39, 0.29) is 6.42 Å². The fourth-order valence-corrected chi connectivity index (χ4v) is 0.810. The molecule has 1 atom stereocenters. The maximum absolute atomic E-state index is 11.1. The van der Waals surface area contributed by atoms with E-state index >= 15 is 0 Å². The van der Waals surface area contributed by atoms with E-state index in [0.29, 0.717) is 0 Å². The Hall–Kier alpha value is -1.26. The molecular weight excluding hydrogens is 186 g/mol. The Bertz CT molecular complexity index is 219. The zero-order valence-electron chi connectivity index (χ0n) is 8.92. The largest absolute Gasteiger partial charge is 0.550 e. The van der Waals surface area contributed by atoms with Crippen LogP contribution in [0.5, 0.6) is 0 Å². The third-order valence-electron chi connectivity index (χ3n) is 1.24. The van der Waals surface area contributed by atoms with Crippen molar-refractivity contribution in [1.29, 1.82) is 0 Å². The van der Waals surface area contributed by atoms with Crippen molar-refractivity contribution in [3.05, 3.63) is 0 Å². The van der Waals surface area contributed by atoms with Gasteiger partial charge in [0.25, 0.3) is 0 Å². The summed E-state index contributed by atoms with van der Waals surface area (Å²) in [6.07, 6.45) is -0.842. The first-order chi connectivity index (χ1) is 6.20. The van der Waals surface area contributed by atoms with Crippen LogP contribution < -0.4 is 10.4 Å². The van der Waals surface area contributed by atoms with E-state index < -0.39 is 23.7 Å². The lowest BCUT2D eigenvalue weighted by molar-refractivity contribution is -0.306. The Morgan fingerprint density at radius 2 is 1.93 bits per heavy atom. The molecule has 0 fully saturated rings. The number of carboxylic acids is 1. The van der Waals surface area contributed by atoms with Gasteiger partial charge in [-0.1, -0.05) is 0 Å². The molecular formula is C9H16NO4-. The lowest BCUT2D eigenvalue weighted by atomic mass is 10.2. The van der Waals surface area contributed by atoms with Crippen LogP contribution in [0, 0.1) is 0 Å². The molecule has 0 aliphatic rings. The second-order valence-corrected chi connectivity index (χ2v) is 4.12. The Kier molecular flexibility index (Phi) is 4.40. The van der Waals surface area contributed by atoms with E-state index in [4.69, 9.17) is 4.74 Å². The molecule has 0 unspecified atom stereocenters. The first kappa shape index (κ1) is 12.7. The quantitative estimate of drug-likeness (QED) is 0.700. The molecule has 0 aliphatic heterocycles. The van der Waals surface area contributed by atoms with Gasteiger partial charge in [-0.15, -0.1) is 0 Å². The lowest BCUT2D eigenvalue weighted by Gasteiger charge is -2.22. The molecule has 0 saturated heterocycles. The van der Waals surface area contributed by atoms with Gasteiger partial charge in [-0.25, -0.2) is 4.79 Å². The number of rotatable bonds is 3. The highest BCUT2D eigenvalue weighted by molar-refractivity contribution is 5.70. The van der Waals surface area contributed by atoms with Gasteiger partial charge in [-0.05, 0) is 27.7 Å². The minimum absolute atomic E-state index is 0.223. The third-order valence-corrected chi connectivity index (χ3v) is 1.24. The van der Waals surface area contributed by atoms with Gasteiger partial charge in [0.1, 0.15) is 5.60 Å². The number of carbonyl (C=O) groups is 2. The zero-order valence-corrected chi connectivity index (χ0v) is 8.92. The van der Waals surface area contributed by atoms with Crippen molar-refractivity contribution in [2.45, 2.75) is 45.8 Å². The van der Waals surface area contributed by atoms with E-state index in [2.05, 4.69) is 5.32 Å². The molecule has 5 nitrogen and oxygen atoms in total. The van der Waals surface area contributed by atoms with Gasteiger partial charge in [0.15, 0.2) is 0 Å². The van der Waals surface area contributed by atoms with E-state index in [9.17, 15) is 14.7 Å². The SMILES string of the molecule is C[C@@H](CC(=O)[O-])NC(=O)OC(C)(C)C. The molecule has 0 bridgehead atoms. The van der Waals surface area contributed by atoms with Crippen LogP contribution in [0.15, 0.2) is 0 Å². The molecule has 0 aromatic rings. The van der Waals surface area contributed by atoms with Gasteiger partial charge in [-0.2, -0.15) is 0 Å². The van der Waals surface area contributed by atoms with Crippen LogP contribution in [0.3, 0.4) is 0 Å². The summed E-state index contributed by atoms with van der Waals surface area (Å²) in [4.78, 5) is 21.3. The Balaban J connectivity index is 3.89. The van der Waals surface area contributed by atoms with E-state index in [1.807, 2.05) is 0 Å². The predicted octanol–water partition coefficient (Wildman–Crippen LogP) is 0.0396. The standard InChI is InChI=1S/C9H17NO4/c1-6(5-7(11)12)10-8(13)14-9(2,3)4/h6H,5H2,1-4H3,(H,10,13)(H,11,12)/p-1/t6-/m0/s1. The molecule has 0 aromatic heterocycles. The van der Waals surface area contributed by atoms with Crippen LogP contribution >= 0.6 is 0 Å². The molecule has 0 radical (unpaired) electrons. The molecule has 0 aromatic carbocycles. The molecule has 82 valence electrons. The lowest BCUT2D eigenvalue weighted by Crippen LogP contribution is -2.40. The molecule has 14 heavy (non-hydrogen) atoms. The summed E-state index contributed by atoms with van der Waals surface area (Å²) < 4.78 is 4.93. The van der Waals surface area contributed by atoms with Crippen molar-refractivity contribution < 1.29 is 19.4 Å². The minimum atomic E-state index is -1.20. The van der Waals surface area contributed by atoms with Crippen molar-refractivity contribution in [3.63, 3.8) is 0 Å². The van der Waals surface area contributed by atoms with Crippen LogP contribution in [0.2, 0.25) is 0 Å². The number of hydrogen-bond acceptors (Lipinski definition) is 4. The highest BCUT2D eigenvalue weighted by Gasteiger charge is 2.17. The van der Waals surface area contributed by atoms with E-state index in [0.717, 1.165) is 0 Å². The zero-order chi connectivity index (χ0) is 11.4. The molecule has 5 heteroatoms. The summed E-state index contributed by atoms with van der Waals surface area (Å²) in [5, 5.41) is 12.6. The molecule has 0 saturated carbocycles. The van der Waals surface area contributed by atoms with Gasteiger partial charge >= 0.3 is 6.09 Å². The number of carboxylic acid groups (broad SMARTS) is 1. The number of nitrogens with one attached hydrogen (secondary N) is 1. The summed E-state index contributed by atoms with van der Waals surface area (Å²) in [6, 6.07) is -0.491. The number of hydrogen-bond donors (Lipinski definition) is 1. The second kappa shape index (κ2) is 4.83. The van der Waals surface area contributed by atoms with Crippen LogP contribution in [0.4, 0.5) is 4.79 Å². The normalized spacial score (nSPS) is 13.1. The van der Waals surface area contributed by atoms with Crippen molar-refractivity contribution in [2.75, 3.05) is 0 Å². The van der Waals surface area contributed by atoms with Crippen molar-refractivity contribution in [2.24, 2.45) is 0 Å². The molecule has 0 aliphatic carbocycles. The first-order valence-electron chi connectivity index (χ1n) is 4.40. The second-order valence-electron chi connectivity index (χ2n) is 4.12. The summed E-state index contributed by atoms with van der Waals surface area (Å²) in [7, 11) is 0. The average Bonchev–Trinajstić information content (AvgIpc) is 1.77. The predicted molar refractivity (Wildman–Crippen MR) is 48.5 cm³/mol. The average molecular weight is 202 g/mol. The van der Waals surface area contributed by atoms with E-state index in [1.54, 1.807) is 27.7 Å². The Labute approximate surface area is 83.4 Å². The number of aliphatic carboxylic acids is 1. The summed E-state index contributed by atoms with van der Waals surface area (Å²) >= 11 is 0. The fraction of sp³-hybridized carbons (Fsp3) is 0.778. The third kappa shape index (κ3) is 7.39. The monoisotopic (exact) mass is 202 g/mol. The molecule has 1 amide bonds. The number of ether oxygens (including phenoxy) is 1. The Morgan fingerprint density at radius 3 is 2.29 bits per heavy atom. The van der Waals surface area contributed by atoms with Gasteiger partial charge in [0, 0.05) is 18.4 Å². The van der Waals surface area contributed by atoms with Crippen molar-refractivity contribution in [3.8, 4) is 0 Å². The van der Waals surface area contributed by atoms with Crippen LogP contribution in [-0.4, -0.2) is 23.7 Å². The van der Waals surface area contributed by atoms with Crippen LogP contribution in [0.1, 0.15) is 34.1 Å². The highest BCUT2D eigenvalue weighted by Crippen LogP contribution is 2.06. The maximum atomic E-state index is 11.1. The number of carbonyl (C=O) groups excluding carboxylic acids is 2. The molecule has 1 N–H and O–H groups in total. The summed E-state index contributed by atoms with van der Waals surface area (Å²) in [5.41, 5.74) is -0.578. The number of alkyl carbamates (subject to hydrolysis) is 1. The Morgan fingerprint density at radius 1 is 1.43 bits per heavy atom. The smallest absolute Gasteiger partial charge is 0.407 e. The topological polar surface area (TPSA) is 78.5 Å². The maximum Gasteiger partial charge on any atom is 0.407 e. The van der Waals surface area contributed by atoms with Crippen LogP contribution in [0.25, 0.3) is 0 Å². The minimum Gasteiger partial charge on any atom is -0.550 e. The summed E-state index contributed by atoms with van der Waals surface area (Å²) in [5.74, 6) is -1.20. The van der Waals surface area contributed by atoms with Gasteiger partial charge in [0.2, 0.25) is 0 Å². The summed E-state index contributed by atoms with van der Waals surface area (Å²) in [6.45, 7) is 6.77. The highest BCUT2D eigenvalue weighted by atomic mass is 16.6. The fourth-order valence-electron chi connectivity index (χ4n) is 0.810. The van der Waals surface area contributed by atoms with Gasteiger partial charge in [0.05, 0.1) is 0 Å². The van der Waals surface area contributed by atoms with Gasteiger partial charge in [-0.3, -0.25) is 0 Å².